The zero-order chi connectivity index (χ0) is 9.68. The lowest BCUT2D eigenvalue weighted by molar-refractivity contribution is 0.404. The largest absolute Gasteiger partial charge is 0.351 e. The SMILES string of the molecule is CN(C)CCCNc1noc(N)n1. The van der Waals surface area contributed by atoms with Gasteiger partial charge in [0.25, 0.3) is 5.95 Å². The summed E-state index contributed by atoms with van der Waals surface area (Å²) in [7, 11) is 4.07. The van der Waals surface area contributed by atoms with Crippen molar-refractivity contribution in [1.29, 1.82) is 0 Å². The Hall–Kier alpha value is -1.30. The molecule has 13 heavy (non-hydrogen) atoms. The first-order valence-electron chi connectivity index (χ1n) is 4.16. The molecule has 0 atom stereocenters. The molecule has 0 aliphatic rings. The van der Waals surface area contributed by atoms with Crippen molar-refractivity contribution in [3.05, 3.63) is 0 Å². The van der Waals surface area contributed by atoms with Crippen LogP contribution in [-0.4, -0.2) is 42.2 Å². The molecule has 0 unspecified atom stereocenters. The van der Waals surface area contributed by atoms with Gasteiger partial charge in [0.1, 0.15) is 0 Å². The monoisotopic (exact) mass is 185 g/mol. The van der Waals surface area contributed by atoms with E-state index in [4.69, 9.17) is 5.73 Å². The van der Waals surface area contributed by atoms with Crippen molar-refractivity contribution >= 4 is 12.0 Å². The fourth-order valence-corrected chi connectivity index (χ4v) is 0.902. The van der Waals surface area contributed by atoms with E-state index < -0.39 is 0 Å². The number of nitrogens with two attached hydrogens (primary N) is 1. The van der Waals surface area contributed by atoms with Crippen LogP contribution in [0.1, 0.15) is 6.42 Å². The third-order valence-electron chi connectivity index (χ3n) is 1.51. The number of rotatable bonds is 5. The van der Waals surface area contributed by atoms with Gasteiger partial charge in [-0.3, -0.25) is 0 Å². The van der Waals surface area contributed by atoms with E-state index in [1.165, 1.54) is 0 Å². The molecule has 0 saturated heterocycles. The van der Waals surface area contributed by atoms with Crippen LogP contribution in [0.2, 0.25) is 0 Å². The summed E-state index contributed by atoms with van der Waals surface area (Å²) in [5.74, 6) is 0.455. The van der Waals surface area contributed by atoms with Crippen molar-refractivity contribution in [2.24, 2.45) is 0 Å². The smallest absolute Gasteiger partial charge is 0.320 e. The number of hydrogen-bond donors (Lipinski definition) is 2. The highest BCUT2D eigenvalue weighted by atomic mass is 16.5. The maximum Gasteiger partial charge on any atom is 0.320 e. The molecule has 1 heterocycles. The highest BCUT2D eigenvalue weighted by molar-refractivity contribution is 5.26. The topological polar surface area (TPSA) is 80.2 Å². The Morgan fingerprint density at radius 1 is 1.54 bits per heavy atom. The Labute approximate surface area is 77.1 Å². The number of nitrogen functional groups attached to an aromatic ring is 1. The van der Waals surface area contributed by atoms with Crippen molar-refractivity contribution < 1.29 is 4.52 Å². The maximum atomic E-state index is 5.24. The number of hydrogen-bond acceptors (Lipinski definition) is 6. The van der Waals surface area contributed by atoms with E-state index in [0.29, 0.717) is 5.95 Å². The number of nitrogens with zero attached hydrogens (tertiary/aromatic N) is 3. The first kappa shape index (κ1) is 9.79. The predicted molar refractivity (Wildman–Crippen MR) is 50.4 cm³/mol. The number of aromatic nitrogens is 2. The van der Waals surface area contributed by atoms with E-state index in [9.17, 15) is 0 Å². The summed E-state index contributed by atoms with van der Waals surface area (Å²) in [5.41, 5.74) is 5.24. The van der Waals surface area contributed by atoms with E-state index in [2.05, 4.69) is 24.9 Å². The molecule has 6 nitrogen and oxygen atoms in total. The van der Waals surface area contributed by atoms with Crippen LogP contribution in [0.5, 0.6) is 0 Å². The normalized spacial score (nSPS) is 10.7. The predicted octanol–water partition coefficient (Wildman–Crippen LogP) is 0.0154. The quantitative estimate of drug-likeness (QED) is 0.629. The van der Waals surface area contributed by atoms with Crippen molar-refractivity contribution in [3.8, 4) is 0 Å². The maximum absolute atomic E-state index is 5.24. The molecule has 0 aromatic carbocycles. The van der Waals surface area contributed by atoms with Gasteiger partial charge in [0.2, 0.25) is 0 Å². The highest BCUT2D eigenvalue weighted by Gasteiger charge is 2.00. The first-order chi connectivity index (χ1) is 6.18. The van der Waals surface area contributed by atoms with E-state index >= 15 is 0 Å². The fourth-order valence-electron chi connectivity index (χ4n) is 0.902. The average molecular weight is 185 g/mol. The molecule has 0 fully saturated rings. The lowest BCUT2D eigenvalue weighted by atomic mass is 10.4. The van der Waals surface area contributed by atoms with Crippen LogP contribution in [0.25, 0.3) is 0 Å². The third kappa shape index (κ3) is 3.75. The molecule has 74 valence electrons. The minimum absolute atomic E-state index is 0.0927. The fraction of sp³-hybridized carbons (Fsp3) is 0.714. The molecule has 1 aromatic heterocycles. The summed E-state index contributed by atoms with van der Waals surface area (Å²) in [4.78, 5) is 5.92. The molecule has 6 heteroatoms. The molecule has 1 aromatic rings. The van der Waals surface area contributed by atoms with E-state index in [1.807, 2.05) is 14.1 Å². The molecular weight excluding hydrogens is 170 g/mol. The standard InChI is InChI=1S/C7H15N5O/c1-12(2)5-3-4-9-7-10-6(8)13-11-7/h3-5H2,1-2H3,(H3,8,9,10,11). The zero-order valence-electron chi connectivity index (χ0n) is 7.95. The average Bonchev–Trinajstić information content (AvgIpc) is 2.45. The third-order valence-corrected chi connectivity index (χ3v) is 1.51. The minimum atomic E-state index is 0.0927. The molecule has 0 bridgehead atoms. The van der Waals surface area contributed by atoms with Crippen LogP contribution < -0.4 is 11.1 Å². The Balaban J connectivity index is 2.13. The molecular formula is C7H15N5O. The van der Waals surface area contributed by atoms with Gasteiger partial charge in [-0.15, -0.1) is 0 Å². The Morgan fingerprint density at radius 2 is 2.31 bits per heavy atom. The van der Waals surface area contributed by atoms with Gasteiger partial charge in [0.15, 0.2) is 0 Å². The van der Waals surface area contributed by atoms with Crippen LogP contribution in [0.15, 0.2) is 4.52 Å². The van der Waals surface area contributed by atoms with E-state index in [0.717, 1.165) is 19.5 Å². The summed E-state index contributed by atoms with van der Waals surface area (Å²) in [6, 6.07) is 0.0927. The molecule has 0 aliphatic heterocycles. The van der Waals surface area contributed by atoms with Crippen LogP contribution in [0.3, 0.4) is 0 Å². The summed E-state index contributed by atoms with van der Waals surface area (Å²) in [6.45, 7) is 1.84. The summed E-state index contributed by atoms with van der Waals surface area (Å²) < 4.78 is 4.59. The second-order valence-corrected chi connectivity index (χ2v) is 3.04. The summed E-state index contributed by atoms with van der Waals surface area (Å²) in [6.07, 6.45) is 1.03. The zero-order valence-corrected chi connectivity index (χ0v) is 7.95. The molecule has 1 rings (SSSR count). The van der Waals surface area contributed by atoms with Crippen LogP contribution in [-0.2, 0) is 0 Å². The molecule has 0 saturated carbocycles. The Morgan fingerprint density at radius 3 is 2.85 bits per heavy atom. The summed E-state index contributed by atoms with van der Waals surface area (Å²) in [5, 5.41) is 6.59. The van der Waals surface area contributed by atoms with Crippen LogP contribution >= 0.6 is 0 Å². The lowest BCUT2D eigenvalue weighted by Gasteiger charge is -2.08. The second kappa shape index (κ2) is 4.66. The number of anilines is 2. The van der Waals surface area contributed by atoms with Gasteiger partial charge in [0, 0.05) is 6.54 Å². The van der Waals surface area contributed by atoms with Crippen molar-refractivity contribution in [2.75, 3.05) is 38.2 Å². The Bertz CT molecular complexity index is 247. The number of nitrogens with one attached hydrogen (secondary N) is 1. The van der Waals surface area contributed by atoms with Gasteiger partial charge in [-0.25, -0.2) is 0 Å². The van der Waals surface area contributed by atoms with E-state index in [-0.39, 0.29) is 6.01 Å². The molecule has 3 N–H and O–H groups in total. The Kier molecular flexibility index (Phi) is 3.51. The van der Waals surface area contributed by atoms with E-state index in [1.54, 1.807) is 0 Å². The van der Waals surface area contributed by atoms with Gasteiger partial charge >= 0.3 is 6.01 Å². The van der Waals surface area contributed by atoms with Crippen molar-refractivity contribution in [2.45, 2.75) is 6.42 Å². The van der Waals surface area contributed by atoms with Gasteiger partial charge < -0.3 is 20.5 Å². The van der Waals surface area contributed by atoms with Crippen LogP contribution in [0.4, 0.5) is 12.0 Å². The molecule has 0 amide bonds. The molecule has 0 spiro atoms. The van der Waals surface area contributed by atoms with Gasteiger partial charge in [-0.1, -0.05) is 0 Å². The van der Waals surface area contributed by atoms with Gasteiger partial charge in [0.05, 0.1) is 0 Å². The van der Waals surface area contributed by atoms with Crippen LogP contribution in [0, 0.1) is 0 Å². The summed E-state index contributed by atoms with van der Waals surface area (Å²) >= 11 is 0. The lowest BCUT2D eigenvalue weighted by Crippen LogP contribution is -2.16. The molecule has 0 aliphatic carbocycles. The highest BCUT2D eigenvalue weighted by Crippen LogP contribution is 2.02. The first-order valence-corrected chi connectivity index (χ1v) is 4.16. The van der Waals surface area contributed by atoms with Gasteiger partial charge in [-0.2, -0.15) is 4.98 Å². The minimum Gasteiger partial charge on any atom is -0.351 e. The molecule has 0 radical (unpaired) electrons. The van der Waals surface area contributed by atoms with Gasteiger partial charge in [-0.05, 0) is 32.2 Å². The van der Waals surface area contributed by atoms with Crippen molar-refractivity contribution in [1.82, 2.24) is 15.0 Å². The van der Waals surface area contributed by atoms with Crippen molar-refractivity contribution in [3.63, 3.8) is 0 Å². The second-order valence-electron chi connectivity index (χ2n) is 3.04.